The van der Waals surface area contributed by atoms with Gasteiger partial charge in [-0.25, -0.2) is 4.98 Å². The smallest absolute Gasteiger partial charge is 0.252 e. The minimum absolute atomic E-state index is 0.122. The van der Waals surface area contributed by atoms with E-state index in [2.05, 4.69) is 34.1 Å². The van der Waals surface area contributed by atoms with Crippen molar-refractivity contribution in [2.45, 2.75) is 19.9 Å². The number of nitrogens with one attached hydrogen (secondary N) is 2. The van der Waals surface area contributed by atoms with Gasteiger partial charge in [0.2, 0.25) is 0 Å². The number of aromatic amines is 1. The predicted octanol–water partition coefficient (Wildman–Crippen LogP) is 4.24. The molecule has 2 heterocycles. The number of nitrogens with zero attached hydrogens (tertiary/aromatic N) is 2. The zero-order valence-corrected chi connectivity index (χ0v) is 14.7. The Labute approximate surface area is 151 Å². The summed E-state index contributed by atoms with van der Waals surface area (Å²) in [4.78, 5) is 25.3. The summed E-state index contributed by atoms with van der Waals surface area (Å²) in [5.41, 5.74) is 3.30. The highest BCUT2D eigenvalue weighted by atomic mass is 16.1. The normalized spacial score (nSPS) is 12.6. The van der Waals surface area contributed by atoms with Crippen LogP contribution in [0.15, 0.2) is 60.8 Å². The Morgan fingerprint density at radius 3 is 2.50 bits per heavy atom. The van der Waals surface area contributed by atoms with Gasteiger partial charge in [-0.15, -0.1) is 0 Å². The second-order valence-corrected chi connectivity index (χ2v) is 6.71. The molecule has 0 aliphatic rings. The minimum Gasteiger partial charge on any atom is -0.342 e. The highest BCUT2D eigenvalue weighted by Crippen LogP contribution is 2.24. The number of benzene rings is 2. The number of fused-ring (bicyclic) bond motifs is 2. The molecule has 0 aliphatic carbocycles. The predicted molar refractivity (Wildman–Crippen MR) is 103 cm³/mol. The Bertz CT molecular complexity index is 1050. The Morgan fingerprint density at radius 1 is 1.00 bits per heavy atom. The van der Waals surface area contributed by atoms with Gasteiger partial charge in [-0.05, 0) is 30.2 Å². The number of rotatable bonds is 4. The van der Waals surface area contributed by atoms with E-state index in [1.807, 2.05) is 48.5 Å². The maximum absolute atomic E-state index is 13.0. The maximum atomic E-state index is 13.0. The van der Waals surface area contributed by atoms with Gasteiger partial charge in [-0.1, -0.05) is 44.2 Å². The largest absolute Gasteiger partial charge is 0.342 e. The Hall–Kier alpha value is -3.21. The molecule has 4 rings (SSSR count). The lowest BCUT2D eigenvalue weighted by atomic mass is 10.0. The van der Waals surface area contributed by atoms with Crippen molar-refractivity contribution in [2.24, 2.45) is 5.92 Å². The van der Waals surface area contributed by atoms with Crippen LogP contribution in [0.4, 0.5) is 0 Å². The van der Waals surface area contributed by atoms with E-state index in [1.165, 1.54) is 0 Å². The number of carbonyl (C=O) groups is 1. The molecule has 1 unspecified atom stereocenters. The first-order valence-corrected chi connectivity index (χ1v) is 8.73. The molecule has 0 bridgehead atoms. The Balaban J connectivity index is 1.69. The molecule has 1 amide bonds. The van der Waals surface area contributed by atoms with Crippen molar-refractivity contribution in [3.05, 3.63) is 72.2 Å². The molecule has 4 aromatic rings. The average molecular weight is 344 g/mol. The molecule has 130 valence electrons. The number of aromatic nitrogens is 3. The molecule has 2 N–H and O–H groups in total. The summed E-state index contributed by atoms with van der Waals surface area (Å²) in [7, 11) is 0. The third-order valence-electron chi connectivity index (χ3n) is 4.55. The van der Waals surface area contributed by atoms with Crippen molar-refractivity contribution in [3.8, 4) is 0 Å². The van der Waals surface area contributed by atoms with Crippen LogP contribution in [-0.4, -0.2) is 20.9 Å². The van der Waals surface area contributed by atoms with Crippen LogP contribution in [0.25, 0.3) is 21.9 Å². The topological polar surface area (TPSA) is 70.7 Å². The van der Waals surface area contributed by atoms with Crippen molar-refractivity contribution in [1.82, 2.24) is 20.3 Å². The quantitative estimate of drug-likeness (QED) is 0.582. The second kappa shape index (κ2) is 6.59. The molecule has 2 aromatic carbocycles. The minimum atomic E-state index is -0.207. The molecular formula is C21H20N4O. The van der Waals surface area contributed by atoms with Gasteiger partial charge in [0.1, 0.15) is 5.82 Å². The number of H-pyrrole nitrogens is 1. The maximum Gasteiger partial charge on any atom is 0.252 e. The van der Waals surface area contributed by atoms with E-state index in [-0.39, 0.29) is 17.9 Å². The van der Waals surface area contributed by atoms with Crippen LogP contribution in [0.1, 0.15) is 36.1 Å². The summed E-state index contributed by atoms with van der Waals surface area (Å²) in [6.07, 6.45) is 1.67. The SMILES string of the molecule is CC(C)C(NC(=O)c1ccnc2ccccc12)c1nc2ccccc2[nH]1. The van der Waals surface area contributed by atoms with Crippen molar-refractivity contribution in [3.63, 3.8) is 0 Å². The number of pyridine rings is 1. The lowest BCUT2D eigenvalue weighted by Gasteiger charge is -2.20. The van der Waals surface area contributed by atoms with Gasteiger partial charge in [0.25, 0.3) is 5.91 Å². The highest BCUT2D eigenvalue weighted by molar-refractivity contribution is 6.06. The van der Waals surface area contributed by atoms with E-state index >= 15 is 0 Å². The number of hydrogen-bond acceptors (Lipinski definition) is 3. The summed E-state index contributed by atoms with van der Waals surface area (Å²) >= 11 is 0. The third-order valence-corrected chi connectivity index (χ3v) is 4.55. The second-order valence-electron chi connectivity index (χ2n) is 6.71. The van der Waals surface area contributed by atoms with E-state index in [1.54, 1.807) is 12.3 Å². The number of amides is 1. The molecule has 1 atom stereocenters. The summed E-state index contributed by atoms with van der Waals surface area (Å²) in [6, 6.07) is 17.1. The summed E-state index contributed by atoms with van der Waals surface area (Å²) in [6.45, 7) is 4.14. The molecule has 2 aromatic heterocycles. The molecule has 0 spiro atoms. The van der Waals surface area contributed by atoms with Crippen molar-refractivity contribution in [2.75, 3.05) is 0 Å². The fraction of sp³-hybridized carbons (Fsp3) is 0.190. The van der Waals surface area contributed by atoms with Crippen molar-refractivity contribution >= 4 is 27.8 Å². The Kier molecular flexibility index (Phi) is 4.13. The van der Waals surface area contributed by atoms with Crippen LogP contribution in [-0.2, 0) is 0 Å². The van der Waals surface area contributed by atoms with Gasteiger partial charge in [0, 0.05) is 11.6 Å². The number of para-hydroxylation sites is 3. The third kappa shape index (κ3) is 2.92. The van der Waals surface area contributed by atoms with Crippen LogP contribution >= 0.6 is 0 Å². The first-order valence-electron chi connectivity index (χ1n) is 8.73. The lowest BCUT2D eigenvalue weighted by Crippen LogP contribution is -2.32. The van der Waals surface area contributed by atoms with Gasteiger partial charge in [0.05, 0.1) is 28.2 Å². The molecule has 26 heavy (non-hydrogen) atoms. The summed E-state index contributed by atoms with van der Waals surface area (Å²) in [5.74, 6) is 0.836. The average Bonchev–Trinajstić information content (AvgIpc) is 3.08. The fourth-order valence-corrected chi connectivity index (χ4v) is 3.18. The molecule has 5 heteroatoms. The summed E-state index contributed by atoms with van der Waals surface area (Å²) in [5, 5.41) is 3.99. The number of carbonyl (C=O) groups excluding carboxylic acids is 1. The molecule has 0 aliphatic heterocycles. The Morgan fingerprint density at radius 2 is 1.73 bits per heavy atom. The lowest BCUT2D eigenvalue weighted by molar-refractivity contribution is 0.0925. The van der Waals surface area contributed by atoms with E-state index in [4.69, 9.17) is 0 Å². The monoisotopic (exact) mass is 344 g/mol. The van der Waals surface area contributed by atoms with Crippen LogP contribution in [0.5, 0.6) is 0 Å². The molecule has 0 saturated heterocycles. The van der Waals surface area contributed by atoms with Gasteiger partial charge < -0.3 is 10.3 Å². The molecular weight excluding hydrogens is 324 g/mol. The van der Waals surface area contributed by atoms with Crippen LogP contribution in [0.3, 0.4) is 0 Å². The van der Waals surface area contributed by atoms with Gasteiger partial charge in [0.15, 0.2) is 0 Å². The summed E-state index contributed by atoms with van der Waals surface area (Å²) < 4.78 is 0. The highest BCUT2D eigenvalue weighted by Gasteiger charge is 2.23. The molecule has 0 radical (unpaired) electrons. The number of imidazole rings is 1. The fourth-order valence-electron chi connectivity index (χ4n) is 3.18. The first kappa shape index (κ1) is 16.3. The standard InChI is InChI=1S/C21H20N4O/c1-13(2)19(20-23-17-9-5-6-10-18(17)24-20)25-21(26)15-11-12-22-16-8-4-3-7-14(15)16/h3-13,19H,1-2H3,(H,23,24)(H,25,26). The zero-order chi connectivity index (χ0) is 18.1. The van der Waals surface area contributed by atoms with Crippen LogP contribution in [0.2, 0.25) is 0 Å². The first-order chi connectivity index (χ1) is 12.6. The molecule has 0 fully saturated rings. The number of hydrogen-bond donors (Lipinski definition) is 2. The van der Waals surface area contributed by atoms with Crippen LogP contribution < -0.4 is 5.32 Å². The van der Waals surface area contributed by atoms with Gasteiger partial charge in [-0.3, -0.25) is 9.78 Å². The van der Waals surface area contributed by atoms with E-state index in [0.717, 1.165) is 27.8 Å². The van der Waals surface area contributed by atoms with Gasteiger partial charge >= 0.3 is 0 Å². The van der Waals surface area contributed by atoms with E-state index in [0.29, 0.717) is 5.56 Å². The molecule has 5 nitrogen and oxygen atoms in total. The van der Waals surface area contributed by atoms with E-state index in [9.17, 15) is 4.79 Å². The zero-order valence-electron chi connectivity index (χ0n) is 14.7. The van der Waals surface area contributed by atoms with Gasteiger partial charge in [-0.2, -0.15) is 0 Å². The van der Waals surface area contributed by atoms with Crippen LogP contribution in [0, 0.1) is 5.92 Å². The van der Waals surface area contributed by atoms with E-state index < -0.39 is 0 Å². The van der Waals surface area contributed by atoms with Crippen molar-refractivity contribution < 1.29 is 4.79 Å². The molecule has 0 saturated carbocycles. The van der Waals surface area contributed by atoms with Crippen molar-refractivity contribution in [1.29, 1.82) is 0 Å².